The molecule has 4 rings (SSSR count). The van der Waals surface area contributed by atoms with Gasteiger partial charge in [0.15, 0.2) is 0 Å². The number of carbonyl (C=O) groups excluding carboxylic acids is 1. The highest BCUT2D eigenvalue weighted by molar-refractivity contribution is 7.99. The first kappa shape index (κ1) is 25.9. The number of thioether (sulfide) groups is 1. The number of amides is 1. The fourth-order valence-corrected chi connectivity index (χ4v) is 6.93. The number of fused-ring (bicyclic) bond motifs is 1. The minimum Gasteiger partial charge on any atom is -0.496 e. The number of benzene rings is 1. The number of pyridine rings is 1. The Morgan fingerprint density at radius 3 is 2.69 bits per heavy atom. The van der Waals surface area contributed by atoms with Gasteiger partial charge < -0.3 is 15.0 Å². The number of carbonyl (C=O) groups is 1. The smallest absolute Gasteiger partial charge is 0.259 e. The summed E-state index contributed by atoms with van der Waals surface area (Å²) in [5.74, 6) is 1.60. The fraction of sp³-hybridized carbons (Fsp3) is 0.520. The molecule has 2 aromatic rings. The number of methoxy groups -OCH3 is 1. The Morgan fingerprint density at radius 1 is 1.17 bits per heavy atom. The van der Waals surface area contributed by atoms with Crippen molar-refractivity contribution in [1.82, 2.24) is 14.2 Å². The molecular formula is C25H34N4O4S2. The number of sulfonamides is 1. The fourth-order valence-electron chi connectivity index (χ4n) is 4.94. The molecule has 2 saturated heterocycles. The van der Waals surface area contributed by atoms with Gasteiger partial charge in [0, 0.05) is 25.9 Å². The number of hydrogen-bond donors (Lipinski definition) is 1. The first-order valence-corrected chi connectivity index (χ1v) is 14.5. The second kappa shape index (κ2) is 11.3. The zero-order valence-electron chi connectivity index (χ0n) is 20.6. The SMILES string of the molecule is COc1ccc(S(=O)(=O)N(C)C)cc1C(=O)Nc1ccc(SC[C@@H]2CCCN3CCCC[C@H]23)nc1. The van der Waals surface area contributed by atoms with Crippen LogP contribution in [0.5, 0.6) is 5.75 Å². The third kappa shape index (κ3) is 5.99. The van der Waals surface area contributed by atoms with Gasteiger partial charge in [-0.3, -0.25) is 4.79 Å². The van der Waals surface area contributed by atoms with Gasteiger partial charge in [0.05, 0.1) is 34.5 Å². The lowest BCUT2D eigenvalue weighted by Crippen LogP contribution is -2.48. The van der Waals surface area contributed by atoms with E-state index < -0.39 is 15.9 Å². The van der Waals surface area contributed by atoms with Gasteiger partial charge in [-0.2, -0.15) is 0 Å². The molecule has 2 aliphatic heterocycles. The molecule has 0 saturated carbocycles. The number of nitrogens with one attached hydrogen (secondary N) is 1. The maximum Gasteiger partial charge on any atom is 0.259 e. The van der Waals surface area contributed by atoms with Crippen LogP contribution in [0.2, 0.25) is 0 Å². The molecule has 0 radical (unpaired) electrons. The normalized spacial score (nSPS) is 20.9. The van der Waals surface area contributed by atoms with Gasteiger partial charge >= 0.3 is 0 Å². The van der Waals surface area contributed by atoms with Crippen molar-refractivity contribution >= 4 is 33.4 Å². The zero-order chi connectivity index (χ0) is 25.0. The minimum absolute atomic E-state index is 0.0255. The van der Waals surface area contributed by atoms with E-state index in [0.29, 0.717) is 23.4 Å². The van der Waals surface area contributed by atoms with Crippen LogP contribution in [0.15, 0.2) is 46.5 Å². The van der Waals surface area contributed by atoms with Crippen LogP contribution in [0, 0.1) is 5.92 Å². The summed E-state index contributed by atoms with van der Waals surface area (Å²) in [7, 11) is 0.660. The summed E-state index contributed by atoms with van der Waals surface area (Å²) in [6.07, 6.45) is 8.18. The van der Waals surface area contributed by atoms with Crippen molar-refractivity contribution in [3.63, 3.8) is 0 Å². The van der Waals surface area contributed by atoms with Crippen LogP contribution in [-0.2, 0) is 10.0 Å². The number of aromatic nitrogens is 1. The molecule has 8 nitrogen and oxygen atoms in total. The highest BCUT2D eigenvalue weighted by atomic mass is 32.2. The van der Waals surface area contributed by atoms with Crippen molar-refractivity contribution < 1.29 is 17.9 Å². The van der Waals surface area contributed by atoms with Crippen molar-refractivity contribution in [1.29, 1.82) is 0 Å². The monoisotopic (exact) mass is 518 g/mol. The maximum atomic E-state index is 13.0. The number of rotatable bonds is 8. The Balaban J connectivity index is 1.40. The van der Waals surface area contributed by atoms with Crippen molar-refractivity contribution in [3.05, 3.63) is 42.1 Å². The number of ether oxygens (including phenoxy) is 1. The highest BCUT2D eigenvalue weighted by Crippen LogP contribution is 2.34. The average Bonchev–Trinajstić information content (AvgIpc) is 2.87. The van der Waals surface area contributed by atoms with Crippen LogP contribution < -0.4 is 10.1 Å². The van der Waals surface area contributed by atoms with E-state index in [1.54, 1.807) is 18.0 Å². The molecule has 0 spiro atoms. The molecule has 2 aliphatic rings. The van der Waals surface area contributed by atoms with Gasteiger partial charge in [0.25, 0.3) is 5.91 Å². The molecule has 1 aromatic heterocycles. The molecule has 190 valence electrons. The number of hydrogen-bond acceptors (Lipinski definition) is 7. The largest absolute Gasteiger partial charge is 0.496 e. The molecule has 0 bridgehead atoms. The minimum atomic E-state index is -3.68. The standard InChI is InChI=1S/C25H34N4O4S2/c1-28(2)35(31,32)20-10-11-23(33-3)21(15-20)25(30)27-19-9-12-24(26-16-19)34-17-18-7-6-14-29-13-5-4-8-22(18)29/h9-12,15-16,18,22H,4-8,13-14,17H2,1-3H3,(H,27,30)/t18-,22+/m0/s1. The van der Waals surface area contributed by atoms with Crippen molar-refractivity contribution in [2.45, 2.75) is 48.1 Å². The molecular weight excluding hydrogens is 484 g/mol. The van der Waals surface area contributed by atoms with Crippen molar-refractivity contribution in [2.75, 3.05) is 45.4 Å². The number of anilines is 1. The summed E-state index contributed by atoms with van der Waals surface area (Å²) in [4.78, 5) is 20.2. The number of nitrogens with zero attached hydrogens (tertiary/aromatic N) is 3. The Labute approximate surface area is 212 Å². The average molecular weight is 519 g/mol. The second-order valence-electron chi connectivity index (χ2n) is 9.30. The first-order chi connectivity index (χ1) is 16.8. The lowest BCUT2D eigenvalue weighted by molar-refractivity contribution is 0.0693. The van der Waals surface area contributed by atoms with Gasteiger partial charge in [0.1, 0.15) is 5.75 Å². The summed E-state index contributed by atoms with van der Waals surface area (Å²) in [5.41, 5.74) is 0.682. The van der Waals surface area contributed by atoms with Crippen LogP contribution in [0.3, 0.4) is 0 Å². The maximum absolute atomic E-state index is 13.0. The van der Waals surface area contributed by atoms with E-state index in [2.05, 4.69) is 15.2 Å². The Bertz CT molecular complexity index is 1140. The van der Waals surface area contributed by atoms with Gasteiger partial charge in [-0.05, 0) is 75.0 Å². The quantitative estimate of drug-likeness (QED) is 0.529. The van der Waals surface area contributed by atoms with E-state index in [1.807, 2.05) is 12.1 Å². The predicted octanol–water partition coefficient (Wildman–Crippen LogP) is 3.95. The highest BCUT2D eigenvalue weighted by Gasteiger charge is 2.32. The van der Waals surface area contributed by atoms with Crippen LogP contribution in [-0.4, -0.2) is 74.6 Å². The summed E-state index contributed by atoms with van der Waals surface area (Å²) in [6, 6.07) is 8.71. The van der Waals surface area contributed by atoms with Crippen molar-refractivity contribution in [3.8, 4) is 5.75 Å². The van der Waals surface area contributed by atoms with Gasteiger partial charge in [0.2, 0.25) is 10.0 Å². The van der Waals surface area contributed by atoms with Crippen molar-refractivity contribution in [2.24, 2.45) is 5.92 Å². The molecule has 2 fully saturated rings. The van der Waals surface area contributed by atoms with Crippen LogP contribution in [0.4, 0.5) is 5.69 Å². The third-order valence-corrected chi connectivity index (χ3v) is 9.81. The Hall–Kier alpha value is -2.14. The molecule has 1 amide bonds. The predicted molar refractivity (Wildman–Crippen MR) is 139 cm³/mol. The van der Waals surface area contributed by atoms with E-state index in [9.17, 15) is 13.2 Å². The van der Waals surface area contributed by atoms with E-state index >= 15 is 0 Å². The zero-order valence-corrected chi connectivity index (χ0v) is 22.2. The summed E-state index contributed by atoms with van der Waals surface area (Å²) < 4.78 is 31.4. The summed E-state index contributed by atoms with van der Waals surface area (Å²) in [5, 5.41) is 3.74. The molecule has 2 atom stereocenters. The molecule has 10 heteroatoms. The Morgan fingerprint density at radius 2 is 1.97 bits per heavy atom. The lowest BCUT2D eigenvalue weighted by Gasteiger charge is -2.44. The Kier molecular flexibility index (Phi) is 8.36. The number of piperidine rings is 2. The molecule has 0 unspecified atom stereocenters. The molecule has 3 heterocycles. The van der Waals surface area contributed by atoms with E-state index in [0.717, 1.165) is 15.1 Å². The van der Waals surface area contributed by atoms with Crippen LogP contribution in [0.1, 0.15) is 42.5 Å². The molecule has 35 heavy (non-hydrogen) atoms. The van der Waals surface area contributed by atoms with Crippen LogP contribution in [0.25, 0.3) is 0 Å². The van der Waals surface area contributed by atoms with Gasteiger partial charge in [-0.1, -0.05) is 6.42 Å². The summed E-state index contributed by atoms with van der Waals surface area (Å²) in [6.45, 7) is 2.49. The summed E-state index contributed by atoms with van der Waals surface area (Å²) >= 11 is 1.78. The first-order valence-electron chi connectivity index (χ1n) is 12.0. The second-order valence-corrected chi connectivity index (χ2v) is 12.5. The lowest BCUT2D eigenvalue weighted by atomic mass is 9.85. The van der Waals surface area contributed by atoms with Gasteiger partial charge in [-0.25, -0.2) is 17.7 Å². The van der Waals surface area contributed by atoms with E-state index in [1.165, 1.54) is 84.6 Å². The van der Waals surface area contributed by atoms with E-state index in [-0.39, 0.29) is 10.5 Å². The molecule has 1 aromatic carbocycles. The van der Waals surface area contributed by atoms with Crippen LogP contribution >= 0.6 is 11.8 Å². The van der Waals surface area contributed by atoms with E-state index in [4.69, 9.17) is 4.74 Å². The third-order valence-electron chi connectivity index (χ3n) is 6.86. The molecule has 0 aliphatic carbocycles. The van der Waals surface area contributed by atoms with Gasteiger partial charge in [-0.15, -0.1) is 11.8 Å². The molecule has 1 N–H and O–H groups in total. The topological polar surface area (TPSA) is 91.8 Å².